The third-order valence-electron chi connectivity index (χ3n) is 2.54. The SMILES string of the molecule is O=C(O)Cn1c2c(ccc1=O)CCC2. The molecule has 0 fully saturated rings. The van der Waals surface area contributed by atoms with E-state index in [4.69, 9.17) is 5.11 Å². The molecule has 4 nitrogen and oxygen atoms in total. The average Bonchev–Trinajstić information content (AvgIpc) is 2.57. The van der Waals surface area contributed by atoms with Crippen LogP contribution in [0.3, 0.4) is 0 Å². The van der Waals surface area contributed by atoms with Crippen LogP contribution in [0, 0.1) is 0 Å². The molecule has 0 aliphatic heterocycles. The molecule has 0 saturated carbocycles. The minimum absolute atomic E-state index is 0.215. The number of rotatable bonds is 2. The Morgan fingerprint density at radius 3 is 2.93 bits per heavy atom. The molecule has 0 bridgehead atoms. The molecule has 1 aliphatic carbocycles. The molecule has 1 aliphatic rings. The zero-order valence-corrected chi connectivity index (χ0v) is 7.69. The molecule has 14 heavy (non-hydrogen) atoms. The predicted octanol–water partition coefficient (Wildman–Crippen LogP) is 0.422. The van der Waals surface area contributed by atoms with Crippen LogP contribution in [0.15, 0.2) is 16.9 Å². The minimum Gasteiger partial charge on any atom is -0.480 e. The number of aryl methyl sites for hydroxylation is 1. The van der Waals surface area contributed by atoms with E-state index in [1.807, 2.05) is 6.07 Å². The normalized spacial score (nSPS) is 14.0. The number of carbonyl (C=O) groups is 1. The van der Waals surface area contributed by atoms with Crippen LogP contribution in [0.25, 0.3) is 0 Å². The smallest absolute Gasteiger partial charge is 0.323 e. The molecular formula is C10H11NO3. The highest BCUT2D eigenvalue weighted by Gasteiger charge is 2.16. The highest BCUT2D eigenvalue weighted by Crippen LogP contribution is 2.19. The summed E-state index contributed by atoms with van der Waals surface area (Å²) < 4.78 is 1.37. The molecule has 4 heteroatoms. The maximum Gasteiger partial charge on any atom is 0.323 e. The van der Waals surface area contributed by atoms with E-state index in [0.29, 0.717) is 0 Å². The summed E-state index contributed by atoms with van der Waals surface area (Å²) >= 11 is 0. The number of hydrogen-bond donors (Lipinski definition) is 1. The van der Waals surface area contributed by atoms with Crippen LogP contribution in [-0.4, -0.2) is 15.6 Å². The van der Waals surface area contributed by atoms with Crippen LogP contribution in [0.2, 0.25) is 0 Å². The molecule has 74 valence electrons. The van der Waals surface area contributed by atoms with Crippen molar-refractivity contribution in [2.45, 2.75) is 25.8 Å². The predicted molar refractivity (Wildman–Crippen MR) is 50.4 cm³/mol. The molecule has 0 amide bonds. The van der Waals surface area contributed by atoms with Gasteiger partial charge in [0.05, 0.1) is 0 Å². The second kappa shape index (κ2) is 3.29. The fraction of sp³-hybridized carbons (Fsp3) is 0.400. The van der Waals surface area contributed by atoms with Gasteiger partial charge in [0.1, 0.15) is 6.54 Å². The Balaban J connectivity index is 2.51. The molecule has 0 saturated heterocycles. The van der Waals surface area contributed by atoms with Crippen molar-refractivity contribution in [3.05, 3.63) is 33.7 Å². The summed E-state index contributed by atoms with van der Waals surface area (Å²) in [4.78, 5) is 22.0. The van der Waals surface area contributed by atoms with Gasteiger partial charge in [0.2, 0.25) is 0 Å². The lowest BCUT2D eigenvalue weighted by Gasteiger charge is -2.08. The van der Waals surface area contributed by atoms with Crippen LogP contribution in [0.4, 0.5) is 0 Å². The summed E-state index contributed by atoms with van der Waals surface area (Å²) in [6.45, 7) is -0.220. The molecule has 1 heterocycles. The average molecular weight is 193 g/mol. The fourth-order valence-corrected chi connectivity index (χ4v) is 1.94. The maximum absolute atomic E-state index is 11.4. The number of aliphatic carboxylic acids is 1. The Morgan fingerprint density at radius 1 is 1.43 bits per heavy atom. The van der Waals surface area contributed by atoms with Gasteiger partial charge in [0.25, 0.3) is 5.56 Å². The Kier molecular flexibility index (Phi) is 2.11. The van der Waals surface area contributed by atoms with Crippen LogP contribution in [0.1, 0.15) is 17.7 Å². The first-order chi connectivity index (χ1) is 6.68. The Bertz CT molecular complexity index is 433. The number of carboxylic acids is 1. The van der Waals surface area contributed by atoms with Crippen molar-refractivity contribution >= 4 is 5.97 Å². The van der Waals surface area contributed by atoms with Crippen LogP contribution < -0.4 is 5.56 Å². The lowest BCUT2D eigenvalue weighted by molar-refractivity contribution is -0.137. The van der Waals surface area contributed by atoms with Gasteiger partial charge < -0.3 is 9.67 Å². The lowest BCUT2D eigenvalue weighted by atomic mass is 10.2. The maximum atomic E-state index is 11.4. The van der Waals surface area contributed by atoms with Crippen molar-refractivity contribution in [2.75, 3.05) is 0 Å². The van der Waals surface area contributed by atoms with Gasteiger partial charge in [0, 0.05) is 11.8 Å². The molecule has 0 unspecified atom stereocenters. The Hall–Kier alpha value is -1.58. The van der Waals surface area contributed by atoms with E-state index < -0.39 is 5.97 Å². The van der Waals surface area contributed by atoms with Crippen molar-refractivity contribution in [3.8, 4) is 0 Å². The highest BCUT2D eigenvalue weighted by molar-refractivity contribution is 5.66. The highest BCUT2D eigenvalue weighted by atomic mass is 16.4. The summed E-state index contributed by atoms with van der Waals surface area (Å²) in [5.74, 6) is -0.965. The number of hydrogen-bond acceptors (Lipinski definition) is 2. The lowest BCUT2D eigenvalue weighted by Crippen LogP contribution is -2.26. The van der Waals surface area contributed by atoms with E-state index in [-0.39, 0.29) is 12.1 Å². The topological polar surface area (TPSA) is 59.3 Å². The van der Waals surface area contributed by atoms with Crippen molar-refractivity contribution < 1.29 is 9.90 Å². The van der Waals surface area contributed by atoms with Crippen molar-refractivity contribution in [1.82, 2.24) is 4.57 Å². The fourth-order valence-electron chi connectivity index (χ4n) is 1.94. The second-order valence-corrected chi connectivity index (χ2v) is 3.48. The summed E-state index contributed by atoms with van der Waals surface area (Å²) in [6, 6.07) is 3.26. The Morgan fingerprint density at radius 2 is 2.21 bits per heavy atom. The van der Waals surface area contributed by atoms with Gasteiger partial charge >= 0.3 is 5.97 Å². The third-order valence-corrected chi connectivity index (χ3v) is 2.54. The van der Waals surface area contributed by atoms with E-state index in [9.17, 15) is 9.59 Å². The van der Waals surface area contributed by atoms with Gasteiger partial charge in [-0.2, -0.15) is 0 Å². The zero-order valence-electron chi connectivity index (χ0n) is 7.69. The third kappa shape index (κ3) is 1.43. The minimum atomic E-state index is -0.965. The molecular weight excluding hydrogens is 182 g/mol. The largest absolute Gasteiger partial charge is 0.480 e. The van der Waals surface area contributed by atoms with Gasteiger partial charge in [-0.3, -0.25) is 9.59 Å². The molecule has 0 aromatic carbocycles. The Labute approximate surface area is 80.8 Å². The molecule has 1 N–H and O–H groups in total. The van der Waals surface area contributed by atoms with Gasteiger partial charge in [-0.05, 0) is 24.8 Å². The monoisotopic (exact) mass is 193 g/mol. The molecule has 0 radical (unpaired) electrons. The van der Waals surface area contributed by atoms with Crippen molar-refractivity contribution in [1.29, 1.82) is 0 Å². The zero-order chi connectivity index (χ0) is 10.1. The molecule has 0 atom stereocenters. The van der Waals surface area contributed by atoms with Crippen LogP contribution in [-0.2, 0) is 24.2 Å². The summed E-state index contributed by atoms with van der Waals surface area (Å²) in [5, 5.41) is 8.66. The van der Waals surface area contributed by atoms with E-state index in [0.717, 1.165) is 30.5 Å². The molecule has 1 aromatic rings. The molecule has 1 aromatic heterocycles. The van der Waals surface area contributed by atoms with Crippen molar-refractivity contribution in [3.63, 3.8) is 0 Å². The van der Waals surface area contributed by atoms with Gasteiger partial charge in [-0.15, -0.1) is 0 Å². The number of carboxylic acid groups (broad SMARTS) is 1. The van der Waals surface area contributed by atoms with Gasteiger partial charge in [0.15, 0.2) is 0 Å². The molecule has 2 rings (SSSR count). The number of pyridine rings is 1. The second-order valence-electron chi connectivity index (χ2n) is 3.48. The summed E-state index contributed by atoms with van der Waals surface area (Å²) in [7, 11) is 0. The first kappa shape index (κ1) is 8.99. The van der Waals surface area contributed by atoms with Gasteiger partial charge in [-0.25, -0.2) is 0 Å². The van der Waals surface area contributed by atoms with Gasteiger partial charge in [-0.1, -0.05) is 6.07 Å². The van der Waals surface area contributed by atoms with Crippen LogP contribution >= 0.6 is 0 Å². The van der Waals surface area contributed by atoms with Crippen LogP contribution in [0.5, 0.6) is 0 Å². The number of aromatic nitrogens is 1. The number of fused-ring (bicyclic) bond motifs is 1. The van der Waals surface area contributed by atoms with E-state index in [1.165, 1.54) is 10.6 Å². The molecule has 0 spiro atoms. The van der Waals surface area contributed by atoms with E-state index in [1.54, 1.807) is 0 Å². The number of nitrogens with zero attached hydrogens (tertiary/aromatic N) is 1. The van der Waals surface area contributed by atoms with Crippen molar-refractivity contribution in [2.24, 2.45) is 0 Å². The van der Waals surface area contributed by atoms with E-state index in [2.05, 4.69) is 0 Å². The summed E-state index contributed by atoms with van der Waals surface area (Å²) in [5.41, 5.74) is 1.80. The first-order valence-corrected chi connectivity index (χ1v) is 4.62. The van der Waals surface area contributed by atoms with E-state index >= 15 is 0 Å². The summed E-state index contributed by atoms with van der Waals surface area (Å²) in [6.07, 6.45) is 2.78. The first-order valence-electron chi connectivity index (χ1n) is 4.62. The quantitative estimate of drug-likeness (QED) is 0.740. The standard InChI is InChI=1S/C10H11NO3/c12-9-5-4-7-2-1-3-8(7)11(9)6-10(13)14/h4-5H,1-3,6H2,(H,13,14).